The first-order chi connectivity index (χ1) is 15.6. The second-order valence-corrected chi connectivity index (χ2v) is 7.51. The first kappa shape index (κ1) is 20.5. The summed E-state index contributed by atoms with van der Waals surface area (Å²) in [7, 11) is 1.56. The van der Waals surface area contributed by atoms with Gasteiger partial charge in [-0.05, 0) is 18.2 Å². The molecule has 3 heterocycles. The molecule has 2 aromatic carbocycles. The van der Waals surface area contributed by atoms with Gasteiger partial charge in [-0.15, -0.1) is 0 Å². The van der Waals surface area contributed by atoms with Crippen LogP contribution in [0.1, 0.15) is 12.0 Å². The first-order valence-corrected chi connectivity index (χ1v) is 10.2. The summed E-state index contributed by atoms with van der Waals surface area (Å²) in [6.07, 6.45) is 3.68. The average Bonchev–Trinajstić information content (AvgIpc) is 3.23. The number of fused-ring (bicyclic) bond motifs is 2. The van der Waals surface area contributed by atoms with Crippen LogP contribution in [0.25, 0.3) is 0 Å². The van der Waals surface area contributed by atoms with Crippen LogP contribution in [0.3, 0.4) is 0 Å². The smallest absolute Gasteiger partial charge is 0.250 e. The fourth-order valence-corrected chi connectivity index (χ4v) is 3.57. The van der Waals surface area contributed by atoms with E-state index in [2.05, 4.69) is 20.3 Å². The highest BCUT2D eigenvalue weighted by molar-refractivity contribution is 6.31. The summed E-state index contributed by atoms with van der Waals surface area (Å²) in [6.45, 7) is 1.19. The molecule has 1 unspecified atom stereocenters. The van der Waals surface area contributed by atoms with Crippen molar-refractivity contribution in [3.05, 3.63) is 53.1 Å². The summed E-state index contributed by atoms with van der Waals surface area (Å²) in [4.78, 5) is 12.9. The summed E-state index contributed by atoms with van der Waals surface area (Å²) < 4.78 is 37.3. The number of ether oxygens (including phenoxy) is 4. The molecule has 3 aromatic rings. The molecule has 1 fully saturated rings. The molecule has 0 radical (unpaired) electrons. The van der Waals surface area contributed by atoms with Crippen molar-refractivity contribution in [2.45, 2.75) is 12.5 Å². The molecule has 1 atom stereocenters. The predicted octanol–water partition coefficient (Wildman–Crippen LogP) is 5.05. The number of hydrogen-bond acceptors (Lipinski definition) is 8. The molecular formula is C22H18ClFN4O4. The van der Waals surface area contributed by atoms with E-state index in [4.69, 9.17) is 30.5 Å². The van der Waals surface area contributed by atoms with Crippen molar-refractivity contribution in [1.29, 1.82) is 0 Å². The Morgan fingerprint density at radius 3 is 2.94 bits per heavy atom. The van der Waals surface area contributed by atoms with Crippen molar-refractivity contribution in [2.24, 2.45) is 4.99 Å². The van der Waals surface area contributed by atoms with Gasteiger partial charge in [0.05, 0.1) is 31.0 Å². The zero-order valence-corrected chi connectivity index (χ0v) is 17.7. The number of rotatable bonds is 5. The highest BCUT2D eigenvalue weighted by atomic mass is 35.5. The van der Waals surface area contributed by atoms with Gasteiger partial charge in [0.2, 0.25) is 0 Å². The quantitative estimate of drug-likeness (QED) is 0.450. The number of benzene rings is 2. The summed E-state index contributed by atoms with van der Waals surface area (Å²) in [5.74, 6) is 1.45. The lowest BCUT2D eigenvalue weighted by Gasteiger charge is -2.17. The molecule has 164 valence electrons. The average molecular weight is 457 g/mol. The van der Waals surface area contributed by atoms with Gasteiger partial charge in [-0.25, -0.2) is 14.4 Å². The SMILES string of the molecule is COc1cc2c(cc1OC1CCOC1)C=Nc1c(Nc3cccc(Cl)c3F)ncnc1O2. The summed E-state index contributed by atoms with van der Waals surface area (Å²) >= 11 is 5.88. The second kappa shape index (κ2) is 8.60. The number of nitrogens with zero attached hydrogens (tertiary/aromatic N) is 3. The van der Waals surface area contributed by atoms with Gasteiger partial charge in [-0.3, -0.25) is 0 Å². The van der Waals surface area contributed by atoms with Gasteiger partial charge in [-0.1, -0.05) is 17.7 Å². The number of aromatic nitrogens is 2. The summed E-state index contributed by atoms with van der Waals surface area (Å²) in [5.41, 5.74) is 1.14. The fourth-order valence-electron chi connectivity index (χ4n) is 3.39. The third kappa shape index (κ3) is 3.92. The van der Waals surface area contributed by atoms with E-state index in [0.29, 0.717) is 41.7 Å². The van der Waals surface area contributed by atoms with Gasteiger partial charge in [-0.2, -0.15) is 4.98 Å². The van der Waals surface area contributed by atoms with E-state index < -0.39 is 5.82 Å². The number of anilines is 2. The molecule has 10 heteroatoms. The molecule has 0 saturated carbocycles. The topological polar surface area (TPSA) is 87.1 Å². The maximum atomic E-state index is 14.4. The normalized spacial score (nSPS) is 16.5. The molecule has 2 aliphatic heterocycles. The number of aliphatic imine (C=N–C) groups is 1. The van der Waals surface area contributed by atoms with Gasteiger partial charge in [0, 0.05) is 24.3 Å². The molecule has 32 heavy (non-hydrogen) atoms. The highest BCUT2D eigenvalue weighted by Crippen LogP contribution is 2.43. The predicted molar refractivity (Wildman–Crippen MR) is 117 cm³/mol. The molecule has 1 N–H and O–H groups in total. The Bertz CT molecular complexity index is 1200. The third-order valence-electron chi connectivity index (χ3n) is 5.01. The number of nitrogens with one attached hydrogen (secondary N) is 1. The number of hydrogen-bond donors (Lipinski definition) is 1. The van der Waals surface area contributed by atoms with Crippen LogP contribution >= 0.6 is 11.6 Å². The minimum absolute atomic E-state index is 0.00501. The first-order valence-electron chi connectivity index (χ1n) is 9.87. The molecule has 0 aliphatic carbocycles. The summed E-state index contributed by atoms with van der Waals surface area (Å²) in [6, 6.07) is 8.15. The lowest BCUT2D eigenvalue weighted by molar-refractivity contribution is 0.138. The zero-order valence-electron chi connectivity index (χ0n) is 17.0. The van der Waals surface area contributed by atoms with Crippen molar-refractivity contribution in [2.75, 3.05) is 25.6 Å². The molecule has 2 aliphatic rings. The van der Waals surface area contributed by atoms with E-state index >= 15 is 0 Å². The van der Waals surface area contributed by atoms with Crippen LogP contribution in [-0.2, 0) is 4.74 Å². The van der Waals surface area contributed by atoms with Crippen LogP contribution in [0.5, 0.6) is 23.1 Å². The molecule has 8 nitrogen and oxygen atoms in total. The van der Waals surface area contributed by atoms with E-state index in [0.717, 1.165) is 6.42 Å². The van der Waals surface area contributed by atoms with E-state index in [-0.39, 0.29) is 28.5 Å². The molecule has 0 bridgehead atoms. The van der Waals surface area contributed by atoms with E-state index in [9.17, 15) is 4.39 Å². The molecule has 5 rings (SSSR count). The van der Waals surface area contributed by atoms with E-state index in [1.807, 2.05) is 0 Å². The summed E-state index contributed by atoms with van der Waals surface area (Å²) in [5, 5.41) is 2.91. The van der Waals surface area contributed by atoms with Crippen LogP contribution in [-0.4, -0.2) is 42.6 Å². The second-order valence-electron chi connectivity index (χ2n) is 7.11. The molecule has 1 aromatic heterocycles. The monoisotopic (exact) mass is 456 g/mol. The molecule has 0 amide bonds. The Labute approximate surface area is 188 Å². The maximum Gasteiger partial charge on any atom is 0.250 e. The Hall–Kier alpha value is -3.43. The van der Waals surface area contributed by atoms with Crippen LogP contribution in [0, 0.1) is 5.82 Å². The van der Waals surface area contributed by atoms with E-state index in [1.165, 1.54) is 12.4 Å². The van der Waals surface area contributed by atoms with Crippen molar-refractivity contribution in [3.63, 3.8) is 0 Å². The maximum absolute atomic E-state index is 14.4. The molecule has 0 spiro atoms. The lowest BCUT2D eigenvalue weighted by Crippen LogP contribution is -2.16. The third-order valence-corrected chi connectivity index (χ3v) is 5.30. The number of halogens is 2. The number of methoxy groups -OCH3 is 1. The van der Waals surface area contributed by atoms with Gasteiger partial charge in [0.15, 0.2) is 28.8 Å². The zero-order chi connectivity index (χ0) is 22.1. The van der Waals surface area contributed by atoms with Gasteiger partial charge in [0.1, 0.15) is 18.2 Å². The molecule has 1 saturated heterocycles. The lowest BCUT2D eigenvalue weighted by atomic mass is 10.2. The van der Waals surface area contributed by atoms with Crippen molar-refractivity contribution < 1.29 is 23.3 Å². The minimum Gasteiger partial charge on any atom is -0.493 e. The fraction of sp³-hybridized carbons (Fsp3) is 0.227. The van der Waals surface area contributed by atoms with Crippen LogP contribution in [0.4, 0.5) is 21.6 Å². The molecular weight excluding hydrogens is 439 g/mol. The van der Waals surface area contributed by atoms with Crippen molar-refractivity contribution in [3.8, 4) is 23.1 Å². The van der Waals surface area contributed by atoms with Crippen molar-refractivity contribution >= 4 is 35.0 Å². The van der Waals surface area contributed by atoms with Gasteiger partial charge < -0.3 is 24.3 Å². The highest BCUT2D eigenvalue weighted by Gasteiger charge is 2.23. The Balaban J connectivity index is 1.49. The van der Waals surface area contributed by atoms with Crippen molar-refractivity contribution in [1.82, 2.24) is 9.97 Å². The Morgan fingerprint density at radius 2 is 2.12 bits per heavy atom. The minimum atomic E-state index is -0.592. The standard InChI is InChI=1S/C22H18ClFN4O4/c1-29-17-8-16-12(7-18(17)31-13-5-6-30-10-13)9-25-20-21(26-11-27-22(20)32-16)28-15-4-2-3-14(23)19(15)24/h2-4,7-9,11,13H,5-6,10H2,1H3,(H,26,27,28). The van der Waals surface area contributed by atoms with Crippen LogP contribution in [0.2, 0.25) is 5.02 Å². The van der Waals surface area contributed by atoms with E-state index in [1.54, 1.807) is 37.6 Å². The van der Waals surface area contributed by atoms with Gasteiger partial charge >= 0.3 is 0 Å². The Morgan fingerprint density at radius 1 is 1.22 bits per heavy atom. The van der Waals surface area contributed by atoms with Crippen LogP contribution in [0.15, 0.2) is 41.7 Å². The van der Waals surface area contributed by atoms with Gasteiger partial charge in [0.25, 0.3) is 5.88 Å². The largest absolute Gasteiger partial charge is 0.493 e. The van der Waals surface area contributed by atoms with Crippen LogP contribution < -0.4 is 19.5 Å². The Kier molecular flexibility index (Phi) is 5.50.